The summed E-state index contributed by atoms with van der Waals surface area (Å²) in [5.74, 6) is 0.822. The molecule has 1 aliphatic rings. The van der Waals surface area contributed by atoms with Gasteiger partial charge in [-0.05, 0) is 42.0 Å². The zero-order valence-corrected chi connectivity index (χ0v) is 16.4. The molecule has 0 saturated carbocycles. The molecule has 0 spiro atoms. The Morgan fingerprint density at radius 2 is 2.04 bits per heavy atom. The summed E-state index contributed by atoms with van der Waals surface area (Å²) in [5.41, 5.74) is 2.73. The SMILES string of the molecule is COc1ccc(C(=O)/C=C/c2cccc(Br)c2)cc1C[NH+]1CCOCC1. The first-order valence-corrected chi connectivity index (χ1v) is 9.51. The van der Waals surface area contributed by atoms with Crippen LogP contribution in [0, 0.1) is 0 Å². The first kappa shape index (κ1) is 18.8. The van der Waals surface area contributed by atoms with E-state index in [1.807, 2.05) is 48.5 Å². The van der Waals surface area contributed by atoms with Crippen molar-refractivity contribution in [2.45, 2.75) is 6.54 Å². The van der Waals surface area contributed by atoms with Crippen molar-refractivity contribution < 1.29 is 19.2 Å². The molecular formula is C21H23BrNO3+. The topological polar surface area (TPSA) is 40.0 Å². The monoisotopic (exact) mass is 416 g/mol. The van der Waals surface area contributed by atoms with Crippen molar-refractivity contribution in [3.05, 3.63) is 69.7 Å². The van der Waals surface area contributed by atoms with Crippen LogP contribution in [-0.2, 0) is 11.3 Å². The van der Waals surface area contributed by atoms with Crippen LogP contribution in [0.4, 0.5) is 0 Å². The maximum absolute atomic E-state index is 12.6. The zero-order valence-electron chi connectivity index (χ0n) is 14.8. The van der Waals surface area contributed by atoms with Crippen LogP contribution in [0.3, 0.4) is 0 Å². The maximum atomic E-state index is 12.6. The molecule has 4 nitrogen and oxygen atoms in total. The predicted octanol–water partition coefficient (Wildman–Crippen LogP) is 2.77. The van der Waals surface area contributed by atoms with Crippen LogP contribution in [0.25, 0.3) is 6.08 Å². The van der Waals surface area contributed by atoms with Gasteiger partial charge in [-0.3, -0.25) is 4.79 Å². The minimum atomic E-state index is -0.00847. The van der Waals surface area contributed by atoms with E-state index in [2.05, 4.69) is 15.9 Å². The number of benzene rings is 2. The Morgan fingerprint density at radius 1 is 1.23 bits per heavy atom. The highest BCUT2D eigenvalue weighted by Crippen LogP contribution is 2.20. The number of methoxy groups -OCH3 is 1. The summed E-state index contributed by atoms with van der Waals surface area (Å²) < 4.78 is 11.9. The van der Waals surface area contributed by atoms with Gasteiger partial charge in [0.1, 0.15) is 25.4 Å². The molecule has 136 valence electrons. The van der Waals surface area contributed by atoms with Crippen LogP contribution < -0.4 is 9.64 Å². The standard InChI is InChI=1S/C21H22BrNO3/c1-25-21-8-6-17(14-18(21)15-23-9-11-26-12-10-23)20(24)7-5-16-3-2-4-19(22)13-16/h2-8,13-14H,9-12,15H2,1H3/p+1/b7-5+. The van der Waals surface area contributed by atoms with Gasteiger partial charge in [0, 0.05) is 15.6 Å². The lowest BCUT2D eigenvalue weighted by Crippen LogP contribution is -3.12. The second-order valence-electron chi connectivity index (χ2n) is 6.32. The second-order valence-corrected chi connectivity index (χ2v) is 7.23. The molecule has 0 aromatic heterocycles. The molecule has 1 saturated heterocycles. The molecule has 0 amide bonds. The van der Waals surface area contributed by atoms with Crippen molar-refractivity contribution >= 4 is 27.8 Å². The molecule has 0 bridgehead atoms. The number of hydrogen-bond acceptors (Lipinski definition) is 3. The second kappa shape index (κ2) is 9.12. The van der Waals surface area contributed by atoms with Gasteiger partial charge in [0.2, 0.25) is 0 Å². The van der Waals surface area contributed by atoms with Gasteiger partial charge in [-0.1, -0.05) is 34.1 Å². The lowest BCUT2D eigenvalue weighted by Gasteiger charge is -2.24. The van der Waals surface area contributed by atoms with Gasteiger partial charge < -0.3 is 14.4 Å². The number of morpholine rings is 1. The number of rotatable bonds is 6. The smallest absolute Gasteiger partial charge is 0.185 e. The largest absolute Gasteiger partial charge is 0.496 e. The number of hydrogen-bond donors (Lipinski definition) is 1. The third-order valence-corrected chi connectivity index (χ3v) is 4.97. The zero-order chi connectivity index (χ0) is 18.4. The average molecular weight is 417 g/mol. The fourth-order valence-electron chi connectivity index (χ4n) is 3.05. The maximum Gasteiger partial charge on any atom is 0.185 e. The number of nitrogens with one attached hydrogen (secondary N) is 1. The predicted molar refractivity (Wildman–Crippen MR) is 106 cm³/mol. The number of carbonyl (C=O) groups is 1. The van der Waals surface area contributed by atoms with Gasteiger partial charge in [-0.15, -0.1) is 0 Å². The highest BCUT2D eigenvalue weighted by atomic mass is 79.9. The minimum absolute atomic E-state index is 0.00847. The van der Waals surface area contributed by atoms with Crippen LogP contribution in [-0.4, -0.2) is 39.2 Å². The number of ether oxygens (including phenoxy) is 2. The molecule has 3 rings (SSSR count). The van der Waals surface area contributed by atoms with E-state index >= 15 is 0 Å². The Bertz CT molecular complexity index is 798. The van der Waals surface area contributed by atoms with Crippen LogP contribution in [0.2, 0.25) is 0 Å². The van der Waals surface area contributed by atoms with Crippen molar-refractivity contribution in [2.75, 3.05) is 33.4 Å². The lowest BCUT2D eigenvalue weighted by molar-refractivity contribution is -0.921. The average Bonchev–Trinajstić information content (AvgIpc) is 2.67. The van der Waals surface area contributed by atoms with Gasteiger partial charge in [0.15, 0.2) is 5.78 Å². The summed E-state index contributed by atoms with van der Waals surface area (Å²) in [7, 11) is 1.67. The fourth-order valence-corrected chi connectivity index (χ4v) is 3.47. The summed E-state index contributed by atoms with van der Waals surface area (Å²) in [6.45, 7) is 4.36. The van der Waals surface area contributed by atoms with E-state index in [1.165, 1.54) is 4.90 Å². The Labute approximate surface area is 162 Å². The summed E-state index contributed by atoms with van der Waals surface area (Å²) in [6, 6.07) is 13.5. The van der Waals surface area contributed by atoms with Crippen molar-refractivity contribution in [2.24, 2.45) is 0 Å². The number of carbonyl (C=O) groups excluding carboxylic acids is 1. The first-order valence-electron chi connectivity index (χ1n) is 8.72. The molecule has 0 unspecified atom stereocenters. The van der Waals surface area contributed by atoms with Crippen LogP contribution in [0.1, 0.15) is 21.5 Å². The van der Waals surface area contributed by atoms with E-state index in [1.54, 1.807) is 13.2 Å². The van der Waals surface area contributed by atoms with Crippen molar-refractivity contribution in [1.29, 1.82) is 0 Å². The van der Waals surface area contributed by atoms with E-state index in [9.17, 15) is 4.79 Å². The summed E-state index contributed by atoms with van der Waals surface area (Å²) in [5, 5.41) is 0. The molecule has 1 aliphatic heterocycles. The summed E-state index contributed by atoms with van der Waals surface area (Å²) in [6.07, 6.45) is 3.46. The van der Waals surface area contributed by atoms with Crippen LogP contribution >= 0.6 is 15.9 Å². The van der Waals surface area contributed by atoms with Gasteiger partial charge in [0.25, 0.3) is 0 Å². The summed E-state index contributed by atoms with van der Waals surface area (Å²) >= 11 is 3.44. The Hall–Kier alpha value is -1.95. The van der Waals surface area contributed by atoms with E-state index in [0.29, 0.717) is 5.56 Å². The Morgan fingerprint density at radius 3 is 2.77 bits per heavy atom. The van der Waals surface area contributed by atoms with Gasteiger partial charge in [-0.25, -0.2) is 0 Å². The quantitative estimate of drug-likeness (QED) is 0.581. The molecule has 2 aromatic carbocycles. The summed E-state index contributed by atoms with van der Waals surface area (Å²) in [4.78, 5) is 14.0. The van der Waals surface area contributed by atoms with Crippen molar-refractivity contribution in [3.8, 4) is 5.75 Å². The molecule has 1 heterocycles. The van der Waals surface area contributed by atoms with Gasteiger partial charge in [-0.2, -0.15) is 0 Å². The lowest BCUT2D eigenvalue weighted by atomic mass is 10.0. The number of allylic oxidation sites excluding steroid dienone is 1. The molecule has 1 fully saturated rings. The minimum Gasteiger partial charge on any atom is -0.496 e. The first-order chi connectivity index (χ1) is 12.7. The van der Waals surface area contributed by atoms with Crippen molar-refractivity contribution in [1.82, 2.24) is 0 Å². The highest BCUT2D eigenvalue weighted by Gasteiger charge is 2.17. The van der Waals surface area contributed by atoms with Crippen molar-refractivity contribution in [3.63, 3.8) is 0 Å². The molecule has 26 heavy (non-hydrogen) atoms. The number of quaternary nitrogens is 1. The molecule has 5 heteroatoms. The molecule has 0 aliphatic carbocycles. The van der Waals surface area contributed by atoms with E-state index in [4.69, 9.17) is 9.47 Å². The number of halogens is 1. The van der Waals surface area contributed by atoms with Crippen LogP contribution in [0.15, 0.2) is 53.0 Å². The highest BCUT2D eigenvalue weighted by molar-refractivity contribution is 9.10. The van der Waals surface area contributed by atoms with Crippen LogP contribution in [0.5, 0.6) is 5.75 Å². The van der Waals surface area contributed by atoms with E-state index in [-0.39, 0.29) is 5.78 Å². The molecule has 2 aromatic rings. The van der Waals surface area contributed by atoms with E-state index in [0.717, 1.165) is 54.2 Å². The Balaban J connectivity index is 1.76. The normalized spacial score (nSPS) is 15.3. The van der Waals surface area contributed by atoms with Gasteiger partial charge in [0.05, 0.1) is 20.3 Å². The third kappa shape index (κ3) is 5.04. The molecular weight excluding hydrogens is 394 g/mol. The Kier molecular flexibility index (Phi) is 6.61. The third-order valence-electron chi connectivity index (χ3n) is 4.48. The number of ketones is 1. The van der Waals surface area contributed by atoms with E-state index < -0.39 is 0 Å². The van der Waals surface area contributed by atoms with Gasteiger partial charge >= 0.3 is 0 Å². The molecule has 1 N–H and O–H groups in total. The fraction of sp³-hybridized carbons (Fsp3) is 0.286. The molecule has 0 radical (unpaired) electrons. The molecule has 0 atom stereocenters.